The summed E-state index contributed by atoms with van der Waals surface area (Å²) in [6, 6.07) is 8.67. The van der Waals surface area contributed by atoms with Gasteiger partial charge in [0, 0.05) is 5.56 Å². The third kappa shape index (κ3) is 2.26. The van der Waals surface area contributed by atoms with E-state index in [-0.39, 0.29) is 11.7 Å². The molecular weight excluding hydrogens is 186 g/mol. The highest BCUT2D eigenvalue weighted by Gasteiger charge is 2.28. The van der Waals surface area contributed by atoms with Crippen molar-refractivity contribution in [1.29, 1.82) is 0 Å². The molecule has 1 atom stereocenters. The van der Waals surface area contributed by atoms with Crippen LogP contribution in [0.25, 0.3) is 0 Å². The first-order valence-corrected chi connectivity index (χ1v) is 5.59. The topological polar surface area (TPSA) is 40.9 Å². The van der Waals surface area contributed by atoms with Crippen LogP contribution in [0.1, 0.15) is 36.0 Å². The van der Waals surface area contributed by atoms with E-state index in [9.17, 15) is 4.79 Å². The Morgan fingerprint density at radius 2 is 1.80 bits per heavy atom. The van der Waals surface area contributed by atoms with Gasteiger partial charge in [-0.2, -0.15) is 0 Å². The molecule has 15 heavy (non-hydrogen) atoms. The van der Waals surface area contributed by atoms with E-state index in [2.05, 4.69) is 0 Å². The Bertz CT molecular complexity index is 328. The van der Waals surface area contributed by atoms with E-state index in [0.29, 0.717) is 5.56 Å². The summed E-state index contributed by atoms with van der Waals surface area (Å²) in [5.41, 5.74) is 8.65. The van der Waals surface area contributed by atoms with Crippen molar-refractivity contribution in [3.8, 4) is 0 Å². The van der Waals surface area contributed by atoms with Crippen molar-refractivity contribution in [2.45, 2.75) is 31.7 Å². The maximum atomic E-state index is 11.9. The fourth-order valence-corrected chi connectivity index (χ4v) is 2.29. The first-order valence-electron chi connectivity index (χ1n) is 5.59. The van der Waals surface area contributed by atoms with Gasteiger partial charge in [0.1, 0.15) is 0 Å². The number of rotatable bonds is 3. The molecule has 0 heterocycles. The van der Waals surface area contributed by atoms with Gasteiger partial charge in [-0.15, -0.1) is 0 Å². The highest BCUT2D eigenvalue weighted by Crippen LogP contribution is 2.28. The van der Waals surface area contributed by atoms with Crippen molar-refractivity contribution in [1.82, 2.24) is 5.73 Å². The van der Waals surface area contributed by atoms with E-state index >= 15 is 0 Å². The summed E-state index contributed by atoms with van der Waals surface area (Å²) < 4.78 is 0. The predicted octanol–water partition coefficient (Wildman–Crippen LogP) is 2.71. The first-order chi connectivity index (χ1) is 7.29. The Kier molecular flexibility index (Phi) is 3.17. The summed E-state index contributed by atoms with van der Waals surface area (Å²) in [5.74, 6) is 0.278. The molecule has 0 bridgehead atoms. The molecule has 0 spiro atoms. The molecule has 0 amide bonds. The van der Waals surface area contributed by atoms with Gasteiger partial charge >= 0.3 is 0 Å². The molecule has 2 nitrogen and oxygen atoms in total. The second-order valence-corrected chi connectivity index (χ2v) is 4.25. The number of Topliss-reactive ketones (excluding diaryl/α,β-unsaturated/α-hetero) is 1. The summed E-state index contributed by atoms with van der Waals surface area (Å²) in [6.45, 7) is 0. The van der Waals surface area contributed by atoms with Crippen LogP contribution in [0, 0.1) is 5.92 Å². The van der Waals surface area contributed by atoms with E-state index in [1.807, 2.05) is 18.2 Å². The number of benzene rings is 1. The van der Waals surface area contributed by atoms with E-state index in [1.165, 1.54) is 12.8 Å². The summed E-state index contributed by atoms with van der Waals surface area (Å²) in [6.07, 6.45) is 4.46. The highest BCUT2D eigenvalue weighted by atomic mass is 16.1. The van der Waals surface area contributed by atoms with Crippen molar-refractivity contribution in [3.63, 3.8) is 0 Å². The van der Waals surface area contributed by atoms with Crippen molar-refractivity contribution in [2.24, 2.45) is 5.92 Å². The zero-order valence-corrected chi connectivity index (χ0v) is 8.78. The second-order valence-electron chi connectivity index (χ2n) is 4.25. The molecular formula is C13H16NO. The molecule has 0 aromatic heterocycles. The van der Waals surface area contributed by atoms with E-state index in [4.69, 9.17) is 5.73 Å². The number of ketones is 1. The zero-order chi connectivity index (χ0) is 10.7. The van der Waals surface area contributed by atoms with Gasteiger partial charge in [-0.1, -0.05) is 43.2 Å². The number of hydrogen-bond acceptors (Lipinski definition) is 1. The summed E-state index contributed by atoms with van der Waals surface area (Å²) in [4.78, 5) is 11.9. The Hall–Kier alpha value is -1.15. The van der Waals surface area contributed by atoms with Crippen LogP contribution in [0.4, 0.5) is 0 Å². The van der Waals surface area contributed by atoms with Crippen LogP contribution in [-0.4, -0.2) is 11.8 Å². The Balaban J connectivity index is 2.07. The number of carbonyl (C=O) groups excluding carboxylic acids is 1. The van der Waals surface area contributed by atoms with Gasteiger partial charge in [-0.3, -0.25) is 4.79 Å². The average Bonchev–Trinajstić information content (AvgIpc) is 2.82. The van der Waals surface area contributed by atoms with Crippen LogP contribution >= 0.6 is 0 Å². The minimum Gasteiger partial charge on any atom is -0.292 e. The van der Waals surface area contributed by atoms with Gasteiger partial charge in [0.2, 0.25) is 0 Å². The van der Waals surface area contributed by atoms with Crippen LogP contribution in [0.5, 0.6) is 0 Å². The zero-order valence-electron chi connectivity index (χ0n) is 8.78. The molecule has 0 saturated heterocycles. The lowest BCUT2D eigenvalue weighted by molar-refractivity contribution is 0.0928. The number of hydrogen-bond donors (Lipinski definition) is 0. The molecule has 1 aromatic rings. The predicted molar refractivity (Wildman–Crippen MR) is 59.6 cm³/mol. The maximum absolute atomic E-state index is 11.9. The van der Waals surface area contributed by atoms with E-state index in [0.717, 1.165) is 12.8 Å². The van der Waals surface area contributed by atoms with Crippen LogP contribution < -0.4 is 5.73 Å². The summed E-state index contributed by atoms with van der Waals surface area (Å²) >= 11 is 0. The van der Waals surface area contributed by atoms with Gasteiger partial charge in [-0.25, -0.2) is 5.73 Å². The summed E-state index contributed by atoms with van der Waals surface area (Å²) in [7, 11) is 0. The maximum Gasteiger partial charge on any atom is 0.181 e. The van der Waals surface area contributed by atoms with Crippen LogP contribution in [0.3, 0.4) is 0 Å². The van der Waals surface area contributed by atoms with Gasteiger partial charge in [0.05, 0.1) is 6.04 Å². The molecule has 1 N–H and O–H groups in total. The van der Waals surface area contributed by atoms with E-state index < -0.39 is 6.04 Å². The standard InChI is InChI=1S/C13H16NO/c14-12(10-6-4-5-7-10)13(15)11-8-2-1-3-9-11/h1-3,8-10,12,14H,4-7H2. The lowest BCUT2D eigenvalue weighted by Gasteiger charge is -2.16. The highest BCUT2D eigenvalue weighted by molar-refractivity contribution is 6.00. The lowest BCUT2D eigenvalue weighted by atomic mass is 9.92. The molecule has 1 radical (unpaired) electrons. The van der Waals surface area contributed by atoms with Gasteiger partial charge in [0.15, 0.2) is 5.78 Å². The molecule has 1 unspecified atom stereocenters. The van der Waals surface area contributed by atoms with Gasteiger partial charge < -0.3 is 0 Å². The lowest BCUT2D eigenvalue weighted by Crippen LogP contribution is -2.29. The Morgan fingerprint density at radius 3 is 2.40 bits per heavy atom. The molecule has 79 valence electrons. The first kappa shape index (κ1) is 10.4. The summed E-state index contributed by atoms with van der Waals surface area (Å²) in [5, 5.41) is 0. The molecule has 1 fully saturated rings. The number of carbonyl (C=O) groups is 1. The third-order valence-corrected chi connectivity index (χ3v) is 3.21. The third-order valence-electron chi connectivity index (χ3n) is 3.21. The molecule has 1 aliphatic carbocycles. The Labute approximate surface area is 90.5 Å². The SMILES string of the molecule is [NH]C(C(=O)c1ccccc1)C1CCCC1. The quantitative estimate of drug-likeness (QED) is 0.695. The molecule has 2 rings (SSSR count). The largest absolute Gasteiger partial charge is 0.292 e. The fourth-order valence-electron chi connectivity index (χ4n) is 2.29. The molecule has 0 aliphatic heterocycles. The minimum atomic E-state index is -0.546. The monoisotopic (exact) mass is 202 g/mol. The van der Waals surface area contributed by atoms with E-state index in [1.54, 1.807) is 12.1 Å². The van der Waals surface area contributed by atoms with Crippen molar-refractivity contribution in [3.05, 3.63) is 35.9 Å². The molecule has 1 aromatic carbocycles. The fraction of sp³-hybridized carbons (Fsp3) is 0.462. The van der Waals surface area contributed by atoms with Gasteiger partial charge in [-0.05, 0) is 18.8 Å². The molecule has 2 heteroatoms. The average molecular weight is 202 g/mol. The van der Waals surface area contributed by atoms with Crippen LogP contribution in [-0.2, 0) is 0 Å². The normalized spacial score (nSPS) is 19.0. The molecule has 1 saturated carbocycles. The van der Waals surface area contributed by atoms with Crippen molar-refractivity contribution < 1.29 is 4.79 Å². The van der Waals surface area contributed by atoms with Crippen molar-refractivity contribution >= 4 is 5.78 Å². The Morgan fingerprint density at radius 1 is 1.20 bits per heavy atom. The second kappa shape index (κ2) is 4.58. The smallest absolute Gasteiger partial charge is 0.181 e. The van der Waals surface area contributed by atoms with Crippen LogP contribution in [0.2, 0.25) is 0 Å². The number of nitrogens with one attached hydrogen (secondary N) is 1. The van der Waals surface area contributed by atoms with Crippen molar-refractivity contribution in [2.75, 3.05) is 0 Å². The van der Waals surface area contributed by atoms with Crippen LogP contribution in [0.15, 0.2) is 30.3 Å². The molecule has 1 aliphatic rings. The minimum absolute atomic E-state index is 0.0116. The van der Waals surface area contributed by atoms with Gasteiger partial charge in [0.25, 0.3) is 0 Å².